The lowest BCUT2D eigenvalue weighted by molar-refractivity contribution is -0.125. The van der Waals surface area contributed by atoms with Gasteiger partial charge in [-0.05, 0) is 32.1 Å². The molecule has 2 aliphatic rings. The molecule has 0 spiro atoms. The molecule has 1 saturated carbocycles. The van der Waals surface area contributed by atoms with Crippen LogP contribution in [-0.4, -0.2) is 32.8 Å². The van der Waals surface area contributed by atoms with Crippen LogP contribution in [0.3, 0.4) is 0 Å². The second-order valence-electron chi connectivity index (χ2n) is 6.86. The Morgan fingerprint density at radius 1 is 1.35 bits per heavy atom. The Hall–Kier alpha value is -1.43. The van der Waals surface area contributed by atoms with Gasteiger partial charge in [0.05, 0.1) is 6.10 Å². The number of nitrogens with one attached hydrogen (secondary N) is 1. The molecule has 6 nitrogen and oxygen atoms in total. The van der Waals surface area contributed by atoms with Crippen LogP contribution in [0.2, 0.25) is 0 Å². The Labute approximate surface area is 138 Å². The Bertz CT molecular complexity index is 524. The molecule has 0 bridgehead atoms. The third-order valence-corrected chi connectivity index (χ3v) is 5.17. The molecule has 1 amide bonds. The van der Waals surface area contributed by atoms with Gasteiger partial charge in [0.15, 0.2) is 5.82 Å². The molecule has 0 aromatic carbocycles. The number of hydrogen-bond acceptors (Lipinski definition) is 4. The van der Waals surface area contributed by atoms with Gasteiger partial charge in [-0.3, -0.25) is 4.79 Å². The summed E-state index contributed by atoms with van der Waals surface area (Å²) in [6, 6.07) is 0.167. The number of hydrogen-bond donors (Lipinski definition) is 1. The van der Waals surface area contributed by atoms with Crippen LogP contribution in [0.15, 0.2) is 6.33 Å². The molecule has 1 aliphatic carbocycles. The van der Waals surface area contributed by atoms with Crippen LogP contribution in [0.25, 0.3) is 0 Å². The second kappa shape index (κ2) is 7.43. The second-order valence-corrected chi connectivity index (χ2v) is 6.86. The highest BCUT2D eigenvalue weighted by molar-refractivity contribution is 5.73. The van der Waals surface area contributed by atoms with Crippen molar-refractivity contribution in [3.05, 3.63) is 12.2 Å². The van der Waals surface area contributed by atoms with Gasteiger partial charge in [-0.1, -0.05) is 19.3 Å². The molecule has 0 unspecified atom stereocenters. The van der Waals surface area contributed by atoms with Crippen molar-refractivity contribution >= 4 is 5.91 Å². The van der Waals surface area contributed by atoms with Crippen molar-refractivity contribution in [2.75, 3.05) is 0 Å². The first kappa shape index (κ1) is 16.4. The highest BCUT2D eigenvalue weighted by Gasteiger charge is 2.37. The summed E-state index contributed by atoms with van der Waals surface area (Å²) in [5, 5.41) is 7.38. The van der Waals surface area contributed by atoms with E-state index in [9.17, 15) is 4.79 Å². The summed E-state index contributed by atoms with van der Waals surface area (Å²) in [4.78, 5) is 15.9. The summed E-state index contributed by atoms with van der Waals surface area (Å²) >= 11 is 0. The molecule has 2 fully saturated rings. The number of amides is 1. The predicted octanol–water partition coefficient (Wildman–Crippen LogP) is 2.60. The molecule has 1 saturated heterocycles. The molecule has 1 N–H and O–H groups in total. The Morgan fingerprint density at radius 3 is 2.83 bits per heavy atom. The van der Waals surface area contributed by atoms with Gasteiger partial charge < -0.3 is 10.1 Å². The lowest BCUT2D eigenvalue weighted by atomic mass is 9.81. The topological polar surface area (TPSA) is 69.0 Å². The zero-order valence-corrected chi connectivity index (χ0v) is 14.2. The lowest BCUT2D eigenvalue weighted by Crippen LogP contribution is -2.45. The zero-order chi connectivity index (χ0) is 16.2. The van der Waals surface area contributed by atoms with Crippen molar-refractivity contribution in [2.24, 2.45) is 5.92 Å². The van der Waals surface area contributed by atoms with E-state index in [-0.39, 0.29) is 24.2 Å². The van der Waals surface area contributed by atoms with Crippen LogP contribution in [0.1, 0.15) is 70.7 Å². The fourth-order valence-electron chi connectivity index (χ4n) is 4.10. The van der Waals surface area contributed by atoms with E-state index in [1.165, 1.54) is 32.1 Å². The van der Waals surface area contributed by atoms with E-state index in [4.69, 9.17) is 4.74 Å². The van der Waals surface area contributed by atoms with E-state index in [0.717, 1.165) is 25.2 Å². The van der Waals surface area contributed by atoms with Crippen molar-refractivity contribution in [2.45, 2.75) is 83.6 Å². The maximum Gasteiger partial charge on any atom is 0.217 e. The number of nitrogens with zero attached hydrogens (tertiary/aromatic N) is 3. The summed E-state index contributed by atoms with van der Waals surface area (Å²) in [6.45, 7) is 4.44. The minimum Gasteiger partial charge on any atom is -0.367 e. The minimum atomic E-state index is -0.0741. The summed E-state index contributed by atoms with van der Waals surface area (Å²) in [5.74, 6) is 1.54. The number of rotatable bonds is 4. The molecule has 23 heavy (non-hydrogen) atoms. The molecular weight excluding hydrogens is 292 g/mol. The summed E-state index contributed by atoms with van der Waals surface area (Å²) in [6.07, 6.45) is 9.85. The standard InChI is InChI=1S/C17H28N4O2/c1-3-21-17(18-11-19-21)16-10-14(20-12(2)22)9-15(23-16)13-7-5-4-6-8-13/h11,13-16H,3-10H2,1-2H3,(H,20,22)/t14-,15-,16+/m1/s1. The summed E-state index contributed by atoms with van der Waals surface area (Å²) in [5.41, 5.74) is 0. The Morgan fingerprint density at radius 2 is 2.13 bits per heavy atom. The Balaban J connectivity index is 1.76. The number of aromatic nitrogens is 3. The predicted molar refractivity (Wildman–Crippen MR) is 86.7 cm³/mol. The van der Waals surface area contributed by atoms with Crippen molar-refractivity contribution < 1.29 is 9.53 Å². The normalized spacial score (nSPS) is 29.4. The lowest BCUT2D eigenvalue weighted by Gasteiger charge is -2.40. The number of carbonyl (C=O) groups excluding carboxylic acids is 1. The first-order valence-corrected chi connectivity index (χ1v) is 8.97. The van der Waals surface area contributed by atoms with Crippen molar-refractivity contribution in [1.82, 2.24) is 20.1 Å². The highest BCUT2D eigenvalue weighted by atomic mass is 16.5. The maximum absolute atomic E-state index is 11.5. The van der Waals surface area contributed by atoms with Crippen LogP contribution in [-0.2, 0) is 16.1 Å². The molecule has 1 aromatic rings. The van der Waals surface area contributed by atoms with Crippen LogP contribution >= 0.6 is 0 Å². The van der Waals surface area contributed by atoms with Gasteiger partial charge in [-0.15, -0.1) is 0 Å². The molecule has 3 rings (SSSR count). The van der Waals surface area contributed by atoms with Gasteiger partial charge in [0.25, 0.3) is 0 Å². The SMILES string of the molecule is CCn1ncnc1[C@@H]1C[C@H](NC(C)=O)C[C@H](C2CCCCC2)O1. The van der Waals surface area contributed by atoms with E-state index in [1.54, 1.807) is 13.3 Å². The van der Waals surface area contributed by atoms with Gasteiger partial charge in [0, 0.05) is 25.9 Å². The van der Waals surface area contributed by atoms with Gasteiger partial charge >= 0.3 is 0 Å². The molecular formula is C17H28N4O2. The third kappa shape index (κ3) is 3.91. The van der Waals surface area contributed by atoms with Crippen LogP contribution in [0.4, 0.5) is 0 Å². The quantitative estimate of drug-likeness (QED) is 0.926. The Kier molecular flexibility index (Phi) is 5.30. The largest absolute Gasteiger partial charge is 0.367 e. The molecule has 128 valence electrons. The van der Waals surface area contributed by atoms with E-state index in [2.05, 4.69) is 22.3 Å². The smallest absolute Gasteiger partial charge is 0.217 e. The van der Waals surface area contributed by atoms with E-state index in [0.29, 0.717) is 5.92 Å². The number of ether oxygens (including phenoxy) is 1. The van der Waals surface area contributed by atoms with Gasteiger partial charge in [-0.25, -0.2) is 9.67 Å². The molecule has 2 heterocycles. The summed E-state index contributed by atoms with van der Waals surface area (Å²) < 4.78 is 8.35. The molecule has 6 heteroatoms. The van der Waals surface area contributed by atoms with E-state index >= 15 is 0 Å². The first-order valence-electron chi connectivity index (χ1n) is 8.97. The van der Waals surface area contributed by atoms with Gasteiger partial charge in [0.1, 0.15) is 12.4 Å². The number of aryl methyl sites for hydroxylation is 1. The minimum absolute atomic E-state index is 0.0370. The van der Waals surface area contributed by atoms with Crippen LogP contribution in [0, 0.1) is 5.92 Å². The fourth-order valence-corrected chi connectivity index (χ4v) is 4.10. The average Bonchev–Trinajstić information content (AvgIpc) is 3.03. The molecule has 1 aromatic heterocycles. The van der Waals surface area contributed by atoms with Crippen molar-refractivity contribution in [3.8, 4) is 0 Å². The van der Waals surface area contributed by atoms with Gasteiger partial charge in [0.2, 0.25) is 5.91 Å². The van der Waals surface area contributed by atoms with Crippen LogP contribution in [0.5, 0.6) is 0 Å². The maximum atomic E-state index is 11.5. The monoisotopic (exact) mass is 320 g/mol. The van der Waals surface area contributed by atoms with Gasteiger partial charge in [-0.2, -0.15) is 5.10 Å². The van der Waals surface area contributed by atoms with E-state index in [1.807, 2.05) is 4.68 Å². The fraction of sp³-hybridized carbons (Fsp3) is 0.824. The highest BCUT2D eigenvalue weighted by Crippen LogP contribution is 2.38. The van der Waals surface area contributed by atoms with E-state index < -0.39 is 0 Å². The molecule has 1 aliphatic heterocycles. The molecule has 0 radical (unpaired) electrons. The average molecular weight is 320 g/mol. The number of carbonyl (C=O) groups is 1. The third-order valence-electron chi connectivity index (χ3n) is 5.17. The van der Waals surface area contributed by atoms with Crippen LogP contribution < -0.4 is 5.32 Å². The molecule has 3 atom stereocenters. The first-order chi connectivity index (χ1) is 11.2. The summed E-state index contributed by atoms with van der Waals surface area (Å²) in [7, 11) is 0. The van der Waals surface area contributed by atoms with Crippen molar-refractivity contribution in [1.29, 1.82) is 0 Å². The van der Waals surface area contributed by atoms with Crippen molar-refractivity contribution in [3.63, 3.8) is 0 Å². The zero-order valence-electron chi connectivity index (χ0n) is 14.2.